The molecule has 5 nitrogen and oxygen atoms in total. The van der Waals surface area contributed by atoms with Crippen LogP contribution in [0.3, 0.4) is 0 Å². The second-order valence-corrected chi connectivity index (χ2v) is 6.59. The van der Waals surface area contributed by atoms with E-state index in [9.17, 15) is 13.5 Å². The van der Waals surface area contributed by atoms with Crippen LogP contribution in [0.15, 0.2) is 23.1 Å². The molecule has 1 aromatic rings. The molecule has 0 bridgehead atoms. The topological polar surface area (TPSA) is 75.6 Å². The van der Waals surface area contributed by atoms with Crippen LogP contribution in [0.2, 0.25) is 0 Å². The van der Waals surface area contributed by atoms with Gasteiger partial charge in [-0.15, -0.1) is 0 Å². The van der Waals surface area contributed by atoms with Gasteiger partial charge < -0.3 is 9.84 Å². The zero-order valence-electron chi connectivity index (χ0n) is 10.9. The zero-order valence-corrected chi connectivity index (χ0v) is 11.7. The van der Waals surface area contributed by atoms with Gasteiger partial charge in [-0.1, -0.05) is 6.07 Å². The number of hydrogen-bond acceptors (Lipinski definition) is 4. The van der Waals surface area contributed by atoms with E-state index in [4.69, 9.17) is 4.74 Å². The van der Waals surface area contributed by atoms with Crippen molar-refractivity contribution in [3.05, 3.63) is 29.3 Å². The average Bonchev–Trinajstić information content (AvgIpc) is 2.90. The van der Waals surface area contributed by atoms with Crippen LogP contribution in [0, 0.1) is 12.8 Å². The van der Waals surface area contributed by atoms with E-state index in [1.165, 1.54) is 6.07 Å². The second kappa shape index (κ2) is 6.00. The number of benzene rings is 1. The van der Waals surface area contributed by atoms with Gasteiger partial charge in [-0.3, -0.25) is 0 Å². The Balaban J connectivity index is 2.10. The molecule has 1 unspecified atom stereocenters. The number of hydrogen-bond donors (Lipinski definition) is 2. The van der Waals surface area contributed by atoms with Crippen LogP contribution in [0.25, 0.3) is 0 Å². The Morgan fingerprint density at radius 3 is 2.89 bits per heavy atom. The summed E-state index contributed by atoms with van der Waals surface area (Å²) >= 11 is 0. The van der Waals surface area contributed by atoms with Gasteiger partial charge in [0.15, 0.2) is 0 Å². The highest BCUT2D eigenvalue weighted by molar-refractivity contribution is 7.89. The predicted octanol–water partition coefficient (Wildman–Crippen LogP) is 0.802. The van der Waals surface area contributed by atoms with Crippen LogP contribution in [0.4, 0.5) is 0 Å². The van der Waals surface area contributed by atoms with E-state index in [-0.39, 0.29) is 17.4 Å². The summed E-state index contributed by atoms with van der Waals surface area (Å²) in [6, 6.07) is 4.78. The summed E-state index contributed by atoms with van der Waals surface area (Å²) in [5.74, 6) is 0.248. The fraction of sp³-hybridized carbons (Fsp3) is 0.538. The van der Waals surface area contributed by atoms with E-state index in [1.54, 1.807) is 12.1 Å². The molecular formula is C13H19NO4S. The van der Waals surface area contributed by atoms with E-state index in [0.29, 0.717) is 25.3 Å². The highest BCUT2D eigenvalue weighted by atomic mass is 32.2. The van der Waals surface area contributed by atoms with Gasteiger partial charge >= 0.3 is 0 Å². The van der Waals surface area contributed by atoms with E-state index >= 15 is 0 Å². The maximum atomic E-state index is 12.1. The van der Waals surface area contributed by atoms with Gasteiger partial charge in [0.25, 0.3) is 0 Å². The molecule has 0 amide bonds. The van der Waals surface area contributed by atoms with Gasteiger partial charge in [0.2, 0.25) is 10.0 Å². The molecule has 0 aliphatic carbocycles. The molecule has 1 heterocycles. The third kappa shape index (κ3) is 3.54. The first-order valence-corrected chi connectivity index (χ1v) is 7.79. The smallest absolute Gasteiger partial charge is 0.240 e. The molecule has 0 saturated carbocycles. The summed E-state index contributed by atoms with van der Waals surface area (Å²) in [4.78, 5) is 0.195. The maximum absolute atomic E-state index is 12.1. The molecule has 1 fully saturated rings. The minimum Gasteiger partial charge on any atom is -0.392 e. The van der Waals surface area contributed by atoms with Crippen molar-refractivity contribution in [1.29, 1.82) is 0 Å². The minimum absolute atomic E-state index is 0.161. The highest BCUT2D eigenvalue weighted by Crippen LogP contribution is 2.17. The molecule has 106 valence electrons. The van der Waals surface area contributed by atoms with Crippen LogP contribution >= 0.6 is 0 Å². The third-order valence-corrected chi connectivity index (χ3v) is 4.81. The molecule has 19 heavy (non-hydrogen) atoms. The molecule has 2 rings (SSSR count). The van der Waals surface area contributed by atoms with Crippen molar-refractivity contribution < 1.29 is 18.3 Å². The SMILES string of the molecule is Cc1ccc(S(=O)(=O)NCC2CCOC2)cc1CO. The van der Waals surface area contributed by atoms with E-state index in [1.807, 2.05) is 6.92 Å². The van der Waals surface area contributed by atoms with Crippen molar-refractivity contribution in [3.63, 3.8) is 0 Å². The molecule has 0 radical (unpaired) electrons. The number of aliphatic hydroxyl groups excluding tert-OH is 1. The Hall–Kier alpha value is -0.950. The summed E-state index contributed by atoms with van der Waals surface area (Å²) < 4.78 is 32.1. The molecule has 1 aliphatic rings. The molecule has 6 heteroatoms. The number of sulfonamides is 1. The zero-order chi connectivity index (χ0) is 13.9. The molecule has 2 N–H and O–H groups in total. The molecule has 1 aliphatic heterocycles. The predicted molar refractivity (Wildman–Crippen MR) is 71.2 cm³/mol. The normalized spacial score (nSPS) is 19.8. The van der Waals surface area contributed by atoms with Crippen molar-refractivity contribution in [2.75, 3.05) is 19.8 Å². The molecule has 1 atom stereocenters. The van der Waals surface area contributed by atoms with Crippen molar-refractivity contribution >= 4 is 10.0 Å². The summed E-state index contributed by atoms with van der Waals surface area (Å²) in [7, 11) is -3.51. The van der Waals surface area contributed by atoms with Gasteiger partial charge in [0.1, 0.15) is 0 Å². The first kappa shape index (κ1) is 14.5. The number of aliphatic hydroxyl groups is 1. The summed E-state index contributed by atoms with van der Waals surface area (Å²) in [6.07, 6.45) is 0.887. The third-order valence-electron chi connectivity index (χ3n) is 3.39. The van der Waals surface area contributed by atoms with Gasteiger partial charge in [0.05, 0.1) is 18.1 Å². The van der Waals surface area contributed by atoms with Crippen molar-refractivity contribution in [3.8, 4) is 0 Å². The molecule has 1 aromatic carbocycles. The minimum atomic E-state index is -3.51. The quantitative estimate of drug-likeness (QED) is 0.839. The van der Waals surface area contributed by atoms with Gasteiger partial charge in [-0.05, 0) is 42.5 Å². The van der Waals surface area contributed by atoms with Crippen LogP contribution < -0.4 is 4.72 Å². The fourth-order valence-corrected chi connectivity index (χ4v) is 3.21. The Morgan fingerprint density at radius 1 is 1.47 bits per heavy atom. The first-order chi connectivity index (χ1) is 9.03. The molecular weight excluding hydrogens is 266 g/mol. The second-order valence-electron chi connectivity index (χ2n) is 4.83. The Morgan fingerprint density at radius 2 is 2.26 bits per heavy atom. The number of ether oxygens (including phenoxy) is 1. The van der Waals surface area contributed by atoms with Gasteiger partial charge in [-0.2, -0.15) is 0 Å². The Labute approximate surface area is 113 Å². The summed E-state index contributed by atoms with van der Waals surface area (Å²) in [6.45, 7) is 3.38. The summed E-state index contributed by atoms with van der Waals surface area (Å²) in [5, 5.41) is 9.18. The lowest BCUT2D eigenvalue weighted by Crippen LogP contribution is -2.29. The Bertz CT molecular complexity index is 536. The fourth-order valence-electron chi connectivity index (χ4n) is 2.04. The monoisotopic (exact) mass is 285 g/mol. The van der Waals surface area contributed by atoms with Crippen LogP contribution in [-0.4, -0.2) is 33.3 Å². The van der Waals surface area contributed by atoms with E-state index in [2.05, 4.69) is 4.72 Å². The highest BCUT2D eigenvalue weighted by Gasteiger charge is 2.20. The molecule has 0 aromatic heterocycles. The van der Waals surface area contributed by atoms with E-state index in [0.717, 1.165) is 12.0 Å². The van der Waals surface area contributed by atoms with Crippen molar-refractivity contribution in [1.82, 2.24) is 4.72 Å². The standard InChI is InChI=1S/C13H19NO4S/c1-10-2-3-13(6-12(10)8-15)19(16,17)14-7-11-4-5-18-9-11/h2-3,6,11,14-15H,4-5,7-9H2,1H3. The molecule has 0 spiro atoms. The lowest BCUT2D eigenvalue weighted by Gasteiger charge is -2.11. The average molecular weight is 285 g/mol. The van der Waals surface area contributed by atoms with Crippen LogP contribution in [0.1, 0.15) is 17.5 Å². The van der Waals surface area contributed by atoms with E-state index < -0.39 is 10.0 Å². The van der Waals surface area contributed by atoms with Crippen LogP contribution in [0.5, 0.6) is 0 Å². The van der Waals surface area contributed by atoms with Crippen molar-refractivity contribution in [2.24, 2.45) is 5.92 Å². The van der Waals surface area contributed by atoms with Gasteiger partial charge in [0, 0.05) is 13.2 Å². The maximum Gasteiger partial charge on any atom is 0.240 e. The van der Waals surface area contributed by atoms with Crippen molar-refractivity contribution in [2.45, 2.75) is 24.8 Å². The number of rotatable bonds is 5. The lowest BCUT2D eigenvalue weighted by molar-refractivity contribution is 0.186. The molecule has 1 saturated heterocycles. The number of nitrogens with one attached hydrogen (secondary N) is 1. The Kier molecular flexibility index (Phi) is 4.57. The lowest BCUT2D eigenvalue weighted by atomic mass is 10.1. The number of aryl methyl sites for hydroxylation is 1. The summed E-state index contributed by atoms with van der Waals surface area (Å²) in [5.41, 5.74) is 1.51. The first-order valence-electron chi connectivity index (χ1n) is 6.31. The van der Waals surface area contributed by atoms with Gasteiger partial charge in [-0.25, -0.2) is 13.1 Å². The largest absolute Gasteiger partial charge is 0.392 e. The van der Waals surface area contributed by atoms with Crippen LogP contribution in [-0.2, 0) is 21.4 Å².